The lowest BCUT2D eigenvalue weighted by atomic mass is 10.1. The minimum atomic E-state index is -0.893. The molecule has 1 atom stereocenters. The third-order valence-electron chi connectivity index (χ3n) is 2.83. The molecule has 1 N–H and O–H groups in total. The molecule has 0 aliphatic carbocycles. The van der Waals surface area contributed by atoms with Gasteiger partial charge in [0.2, 0.25) is 5.91 Å². The summed E-state index contributed by atoms with van der Waals surface area (Å²) >= 11 is 3.36. The minimum Gasteiger partial charge on any atom is -0.481 e. The molecule has 2 rings (SSSR count). The summed E-state index contributed by atoms with van der Waals surface area (Å²) in [7, 11) is 0. The molecule has 1 heterocycles. The Balaban J connectivity index is 2.05. The molecule has 1 amide bonds. The number of carboxylic acid groups (broad SMARTS) is 1. The van der Waals surface area contributed by atoms with Gasteiger partial charge in [-0.1, -0.05) is 28.1 Å². The fourth-order valence-electron chi connectivity index (χ4n) is 1.95. The number of carboxylic acids is 1. The van der Waals surface area contributed by atoms with Crippen LogP contribution in [0.4, 0.5) is 0 Å². The lowest BCUT2D eigenvalue weighted by Crippen LogP contribution is -2.25. The van der Waals surface area contributed by atoms with Gasteiger partial charge < -0.3 is 10.0 Å². The zero-order chi connectivity index (χ0) is 12.4. The van der Waals surface area contributed by atoms with Crippen molar-refractivity contribution in [3.8, 4) is 0 Å². The third-order valence-corrected chi connectivity index (χ3v) is 3.32. The Bertz CT molecular complexity index is 461. The molecule has 0 saturated carbocycles. The Kier molecular flexibility index (Phi) is 3.47. The van der Waals surface area contributed by atoms with Crippen molar-refractivity contribution >= 4 is 27.8 Å². The molecular weight excluding hydrogens is 286 g/mol. The number of carbonyl (C=O) groups is 2. The van der Waals surface area contributed by atoms with E-state index < -0.39 is 11.9 Å². The van der Waals surface area contributed by atoms with E-state index in [1.807, 2.05) is 24.3 Å². The van der Waals surface area contributed by atoms with Crippen molar-refractivity contribution in [3.63, 3.8) is 0 Å². The smallest absolute Gasteiger partial charge is 0.308 e. The molecule has 1 aliphatic rings. The number of halogens is 1. The SMILES string of the molecule is O=C(O)[C@H]1CC(=O)N(Cc2cccc(Br)c2)C1. The van der Waals surface area contributed by atoms with E-state index in [1.165, 1.54) is 0 Å². The largest absolute Gasteiger partial charge is 0.481 e. The predicted octanol–water partition coefficient (Wildman–Crippen LogP) is 1.88. The average Bonchev–Trinajstić information content (AvgIpc) is 2.61. The minimum absolute atomic E-state index is 0.0858. The zero-order valence-electron chi connectivity index (χ0n) is 9.10. The van der Waals surface area contributed by atoms with Crippen LogP contribution in [0.5, 0.6) is 0 Å². The third kappa shape index (κ3) is 2.85. The van der Waals surface area contributed by atoms with Crippen LogP contribution >= 0.6 is 15.9 Å². The second-order valence-corrected chi connectivity index (χ2v) is 5.06. The van der Waals surface area contributed by atoms with Crippen molar-refractivity contribution in [2.75, 3.05) is 6.54 Å². The molecular formula is C12H12BrNO3. The highest BCUT2D eigenvalue weighted by atomic mass is 79.9. The van der Waals surface area contributed by atoms with Crippen molar-refractivity contribution in [1.82, 2.24) is 4.90 Å². The highest BCUT2D eigenvalue weighted by molar-refractivity contribution is 9.10. The van der Waals surface area contributed by atoms with Crippen molar-refractivity contribution < 1.29 is 14.7 Å². The summed E-state index contributed by atoms with van der Waals surface area (Å²) in [6.45, 7) is 0.780. The Morgan fingerprint density at radius 1 is 1.53 bits per heavy atom. The van der Waals surface area contributed by atoms with Gasteiger partial charge in [-0.2, -0.15) is 0 Å². The van der Waals surface area contributed by atoms with Gasteiger partial charge in [0, 0.05) is 24.0 Å². The quantitative estimate of drug-likeness (QED) is 0.927. The maximum atomic E-state index is 11.6. The van der Waals surface area contributed by atoms with E-state index in [9.17, 15) is 9.59 Å². The Labute approximate surface area is 107 Å². The van der Waals surface area contributed by atoms with Gasteiger partial charge in [-0.3, -0.25) is 9.59 Å². The fraction of sp³-hybridized carbons (Fsp3) is 0.333. The molecule has 1 saturated heterocycles. The summed E-state index contributed by atoms with van der Waals surface area (Å²) in [6, 6.07) is 7.66. The number of amides is 1. The van der Waals surface area contributed by atoms with E-state index in [1.54, 1.807) is 4.90 Å². The van der Waals surface area contributed by atoms with Gasteiger partial charge in [-0.15, -0.1) is 0 Å². The maximum Gasteiger partial charge on any atom is 0.308 e. The highest BCUT2D eigenvalue weighted by Crippen LogP contribution is 2.21. The topological polar surface area (TPSA) is 57.6 Å². The number of rotatable bonds is 3. The summed E-state index contributed by atoms with van der Waals surface area (Å²) in [5.74, 6) is -1.54. The normalized spacial score (nSPS) is 19.7. The molecule has 5 heteroatoms. The Morgan fingerprint density at radius 3 is 2.88 bits per heavy atom. The summed E-state index contributed by atoms with van der Waals surface area (Å²) < 4.78 is 0.955. The molecule has 0 spiro atoms. The van der Waals surface area contributed by atoms with Crippen molar-refractivity contribution in [3.05, 3.63) is 34.3 Å². The van der Waals surface area contributed by atoms with Crippen LogP contribution in [0.25, 0.3) is 0 Å². The van der Waals surface area contributed by atoms with Crippen LogP contribution in [0.2, 0.25) is 0 Å². The van der Waals surface area contributed by atoms with Gasteiger partial charge in [-0.05, 0) is 17.7 Å². The lowest BCUT2D eigenvalue weighted by Gasteiger charge is -2.16. The summed E-state index contributed by atoms with van der Waals surface area (Å²) in [6.07, 6.45) is 0.114. The molecule has 0 unspecified atom stereocenters. The van der Waals surface area contributed by atoms with Crippen LogP contribution < -0.4 is 0 Å². The van der Waals surface area contributed by atoms with Crippen LogP contribution in [-0.2, 0) is 16.1 Å². The van der Waals surface area contributed by atoms with Crippen molar-refractivity contribution in [2.45, 2.75) is 13.0 Å². The summed E-state index contributed by atoms with van der Waals surface area (Å²) in [5.41, 5.74) is 0.999. The number of hydrogen-bond donors (Lipinski definition) is 1. The Hall–Kier alpha value is -1.36. The van der Waals surface area contributed by atoms with Crippen LogP contribution in [0, 0.1) is 5.92 Å². The molecule has 1 fully saturated rings. The molecule has 0 aromatic heterocycles. The molecule has 17 heavy (non-hydrogen) atoms. The molecule has 0 radical (unpaired) electrons. The van der Waals surface area contributed by atoms with Crippen molar-refractivity contribution in [2.24, 2.45) is 5.92 Å². The van der Waals surface area contributed by atoms with E-state index in [2.05, 4.69) is 15.9 Å². The van der Waals surface area contributed by atoms with Crippen molar-refractivity contribution in [1.29, 1.82) is 0 Å². The van der Waals surface area contributed by atoms with E-state index >= 15 is 0 Å². The lowest BCUT2D eigenvalue weighted by molar-refractivity contribution is -0.141. The number of aliphatic carboxylic acids is 1. The summed E-state index contributed by atoms with van der Waals surface area (Å²) in [4.78, 5) is 24.0. The van der Waals surface area contributed by atoms with Gasteiger partial charge in [0.15, 0.2) is 0 Å². The zero-order valence-corrected chi connectivity index (χ0v) is 10.7. The van der Waals surface area contributed by atoms with Crippen LogP contribution in [0.3, 0.4) is 0 Å². The first-order valence-electron chi connectivity index (χ1n) is 5.31. The van der Waals surface area contributed by atoms with Gasteiger partial charge >= 0.3 is 5.97 Å². The van der Waals surface area contributed by atoms with Gasteiger partial charge in [0.1, 0.15) is 0 Å². The number of likely N-dealkylation sites (tertiary alicyclic amines) is 1. The number of hydrogen-bond acceptors (Lipinski definition) is 2. The first kappa shape index (κ1) is 12.1. The predicted molar refractivity (Wildman–Crippen MR) is 65.3 cm³/mol. The van der Waals surface area contributed by atoms with Crippen LogP contribution in [0.1, 0.15) is 12.0 Å². The van der Waals surface area contributed by atoms with Gasteiger partial charge in [-0.25, -0.2) is 0 Å². The summed E-state index contributed by atoms with van der Waals surface area (Å²) in [5, 5.41) is 8.87. The monoisotopic (exact) mass is 297 g/mol. The Morgan fingerprint density at radius 2 is 2.29 bits per heavy atom. The standard InChI is InChI=1S/C12H12BrNO3/c13-10-3-1-2-8(4-10)6-14-7-9(12(16)17)5-11(14)15/h1-4,9H,5-7H2,(H,16,17)/t9-/m0/s1. The maximum absolute atomic E-state index is 11.6. The molecule has 90 valence electrons. The van der Waals surface area contributed by atoms with Crippen LogP contribution in [0.15, 0.2) is 28.7 Å². The first-order valence-corrected chi connectivity index (χ1v) is 6.10. The fourth-order valence-corrected chi connectivity index (χ4v) is 2.39. The molecule has 1 aromatic carbocycles. The molecule has 1 aromatic rings. The number of benzene rings is 1. The van der Waals surface area contributed by atoms with Gasteiger partial charge in [0.05, 0.1) is 5.92 Å². The van der Waals surface area contributed by atoms with Crippen LogP contribution in [-0.4, -0.2) is 28.4 Å². The van der Waals surface area contributed by atoms with E-state index in [4.69, 9.17) is 5.11 Å². The second-order valence-electron chi connectivity index (χ2n) is 4.14. The first-order chi connectivity index (χ1) is 8.06. The van der Waals surface area contributed by atoms with Gasteiger partial charge in [0.25, 0.3) is 0 Å². The molecule has 4 nitrogen and oxygen atoms in total. The van der Waals surface area contributed by atoms with E-state index in [0.29, 0.717) is 13.1 Å². The highest BCUT2D eigenvalue weighted by Gasteiger charge is 2.33. The van der Waals surface area contributed by atoms with E-state index in [-0.39, 0.29) is 12.3 Å². The second kappa shape index (κ2) is 4.87. The molecule has 0 bridgehead atoms. The van der Waals surface area contributed by atoms with E-state index in [0.717, 1.165) is 10.0 Å². The number of nitrogens with zero attached hydrogens (tertiary/aromatic N) is 1. The molecule has 1 aliphatic heterocycles. The number of carbonyl (C=O) groups excluding carboxylic acids is 1. The average molecular weight is 298 g/mol.